The first-order valence-corrected chi connectivity index (χ1v) is 8.35. The van der Waals surface area contributed by atoms with Crippen LogP contribution in [0.3, 0.4) is 0 Å². The summed E-state index contributed by atoms with van der Waals surface area (Å²) in [5.41, 5.74) is 0.00589. The van der Waals surface area contributed by atoms with Gasteiger partial charge in [-0.15, -0.1) is 0 Å². The Balaban J connectivity index is 5.08. The van der Waals surface area contributed by atoms with Crippen molar-refractivity contribution in [2.75, 3.05) is 13.6 Å². The van der Waals surface area contributed by atoms with E-state index in [1.807, 2.05) is 0 Å². The Morgan fingerprint density at radius 2 is 1.47 bits per heavy atom. The van der Waals surface area contributed by atoms with Gasteiger partial charge in [0.2, 0.25) is 10.0 Å². The van der Waals surface area contributed by atoms with Crippen molar-refractivity contribution in [3.63, 3.8) is 0 Å². The van der Waals surface area contributed by atoms with Crippen LogP contribution in [0.1, 0.15) is 55.4 Å². The average molecular weight is 292 g/mol. The van der Waals surface area contributed by atoms with E-state index in [9.17, 15) is 8.42 Å². The van der Waals surface area contributed by atoms with Crippen LogP contribution >= 0.6 is 0 Å². The van der Waals surface area contributed by atoms with E-state index in [-0.39, 0.29) is 11.5 Å². The maximum absolute atomic E-state index is 12.4. The van der Waals surface area contributed by atoms with E-state index in [1.54, 1.807) is 27.8 Å². The molecule has 0 aromatic heterocycles. The van der Waals surface area contributed by atoms with Gasteiger partial charge in [0.25, 0.3) is 0 Å². The molecule has 0 saturated carbocycles. The monoisotopic (exact) mass is 292 g/mol. The number of hydrogen-bond donors (Lipinski definition) is 1. The minimum atomic E-state index is -3.27. The predicted molar refractivity (Wildman–Crippen MR) is 82.8 cm³/mol. The smallest absolute Gasteiger partial charge is 0.218 e. The fourth-order valence-corrected chi connectivity index (χ4v) is 3.08. The molecule has 0 radical (unpaired) electrons. The van der Waals surface area contributed by atoms with Crippen molar-refractivity contribution in [2.45, 2.75) is 72.2 Å². The van der Waals surface area contributed by atoms with Gasteiger partial charge in [-0.2, -0.15) is 0 Å². The first-order chi connectivity index (χ1) is 8.19. The van der Waals surface area contributed by atoms with Gasteiger partial charge < -0.3 is 5.32 Å². The minimum Gasteiger partial charge on any atom is -0.310 e. The molecule has 0 heterocycles. The Labute approximate surface area is 120 Å². The highest BCUT2D eigenvalue weighted by molar-refractivity contribution is 7.90. The maximum Gasteiger partial charge on any atom is 0.218 e. The Hall–Kier alpha value is -0.130. The molecule has 0 aromatic carbocycles. The maximum atomic E-state index is 12.4. The summed E-state index contributed by atoms with van der Waals surface area (Å²) in [7, 11) is -1.61. The van der Waals surface area contributed by atoms with Crippen molar-refractivity contribution >= 4 is 10.0 Å². The van der Waals surface area contributed by atoms with Crippen LogP contribution < -0.4 is 5.32 Å². The van der Waals surface area contributed by atoms with Gasteiger partial charge in [-0.3, -0.25) is 0 Å². The Kier molecular flexibility index (Phi) is 6.06. The van der Waals surface area contributed by atoms with Crippen LogP contribution in [0.5, 0.6) is 0 Å². The van der Waals surface area contributed by atoms with E-state index in [4.69, 9.17) is 0 Å². The zero-order valence-corrected chi connectivity index (χ0v) is 14.9. The predicted octanol–water partition coefficient (Wildman–Crippen LogP) is 2.46. The fraction of sp³-hybridized carbons (Fsp3) is 1.00. The molecular weight excluding hydrogens is 260 g/mol. The fourth-order valence-electron chi connectivity index (χ4n) is 1.80. The third kappa shape index (κ3) is 5.40. The van der Waals surface area contributed by atoms with Crippen LogP contribution in [0.15, 0.2) is 0 Å². The largest absolute Gasteiger partial charge is 0.310 e. The molecule has 4 nitrogen and oxygen atoms in total. The summed E-state index contributed by atoms with van der Waals surface area (Å²) in [6.45, 7) is 16.2. The van der Waals surface area contributed by atoms with Crippen molar-refractivity contribution in [3.8, 4) is 0 Å². The van der Waals surface area contributed by atoms with Crippen LogP contribution in [0.4, 0.5) is 0 Å². The zero-order valence-electron chi connectivity index (χ0n) is 14.0. The minimum absolute atomic E-state index is 0.00589. The van der Waals surface area contributed by atoms with Gasteiger partial charge in [-0.1, -0.05) is 34.6 Å². The van der Waals surface area contributed by atoms with Crippen LogP contribution in [-0.4, -0.2) is 43.1 Å². The molecule has 0 fully saturated rings. The van der Waals surface area contributed by atoms with Gasteiger partial charge in [0.05, 0.1) is 4.75 Å². The van der Waals surface area contributed by atoms with Gasteiger partial charge >= 0.3 is 0 Å². The lowest BCUT2D eigenvalue weighted by atomic mass is 9.86. The summed E-state index contributed by atoms with van der Waals surface area (Å²) >= 11 is 0. The number of nitrogens with zero attached hydrogens (tertiary/aromatic N) is 1. The number of hydrogen-bond acceptors (Lipinski definition) is 3. The first kappa shape index (κ1) is 18.9. The molecule has 116 valence electrons. The molecule has 0 aromatic rings. The lowest BCUT2D eigenvalue weighted by Crippen LogP contribution is -2.53. The van der Waals surface area contributed by atoms with Gasteiger partial charge in [-0.25, -0.2) is 12.7 Å². The third-order valence-electron chi connectivity index (χ3n) is 3.20. The standard InChI is InChI=1S/C14H32N2O2S/c1-11(2)15-12(13(3,4)5)10-16(9)19(17,18)14(6,7)8/h11-12,15H,10H2,1-9H3/t12-/m1/s1. The van der Waals surface area contributed by atoms with Crippen LogP contribution in [-0.2, 0) is 10.0 Å². The molecule has 1 atom stereocenters. The molecular formula is C14H32N2O2S. The topological polar surface area (TPSA) is 49.4 Å². The molecule has 0 aliphatic rings. The van der Waals surface area contributed by atoms with E-state index in [0.717, 1.165) is 0 Å². The van der Waals surface area contributed by atoms with Crippen molar-refractivity contribution < 1.29 is 8.42 Å². The molecule has 0 aliphatic heterocycles. The highest BCUT2D eigenvalue weighted by atomic mass is 32.2. The molecule has 0 saturated heterocycles. The number of sulfonamides is 1. The number of likely N-dealkylation sites (N-methyl/N-ethyl adjacent to an activating group) is 1. The molecule has 0 bridgehead atoms. The van der Waals surface area contributed by atoms with Gasteiger partial charge in [0.1, 0.15) is 0 Å². The summed E-state index contributed by atoms with van der Waals surface area (Å²) in [5.74, 6) is 0. The second-order valence-electron chi connectivity index (χ2n) is 7.64. The number of nitrogens with one attached hydrogen (secondary N) is 1. The molecule has 0 aliphatic carbocycles. The Morgan fingerprint density at radius 1 is 1.05 bits per heavy atom. The van der Waals surface area contributed by atoms with Crippen molar-refractivity contribution in [1.82, 2.24) is 9.62 Å². The van der Waals surface area contributed by atoms with E-state index >= 15 is 0 Å². The summed E-state index contributed by atoms with van der Waals surface area (Å²) in [5, 5.41) is 3.47. The van der Waals surface area contributed by atoms with Crippen LogP contribution in [0.25, 0.3) is 0 Å². The summed E-state index contributed by atoms with van der Waals surface area (Å²) < 4.78 is 25.5. The highest BCUT2D eigenvalue weighted by Crippen LogP contribution is 2.24. The quantitative estimate of drug-likeness (QED) is 0.847. The molecule has 0 rings (SSSR count). The lowest BCUT2D eigenvalue weighted by Gasteiger charge is -2.37. The average Bonchev–Trinajstić information content (AvgIpc) is 2.12. The summed E-state index contributed by atoms with van der Waals surface area (Å²) in [6, 6.07) is 0.449. The second kappa shape index (κ2) is 6.10. The van der Waals surface area contributed by atoms with Crippen LogP contribution in [0.2, 0.25) is 0 Å². The molecule has 0 amide bonds. The van der Waals surface area contributed by atoms with E-state index in [2.05, 4.69) is 39.9 Å². The van der Waals surface area contributed by atoms with Gasteiger partial charge in [-0.05, 0) is 26.2 Å². The van der Waals surface area contributed by atoms with Crippen molar-refractivity contribution in [3.05, 3.63) is 0 Å². The summed E-state index contributed by atoms with van der Waals surface area (Å²) in [4.78, 5) is 0. The molecule has 0 spiro atoms. The van der Waals surface area contributed by atoms with Gasteiger partial charge in [0, 0.05) is 25.7 Å². The molecule has 19 heavy (non-hydrogen) atoms. The lowest BCUT2D eigenvalue weighted by molar-refractivity contribution is 0.222. The normalized spacial score (nSPS) is 16.2. The second-order valence-corrected chi connectivity index (χ2v) is 10.4. The SMILES string of the molecule is CC(C)N[C@H](CN(C)S(=O)(=O)C(C)(C)C)C(C)(C)C. The van der Waals surface area contributed by atoms with E-state index in [1.165, 1.54) is 4.31 Å². The Bertz CT molecular complexity index is 375. The highest BCUT2D eigenvalue weighted by Gasteiger charge is 2.36. The van der Waals surface area contributed by atoms with Crippen molar-refractivity contribution in [2.24, 2.45) is 5.41 Å². The Morgan fingerprint density at radius 3 is 1.74 bits per heavy atom. The van der Waals surface area contributed by atoms with E-state index < -0.39 is 14.8 Å². The molecule has 1 N–H and O–H groups in total. The summed E-state index contributed by atoms with van der Waals surface area (Å²) in [6.07, 6.45) is 0. The third-order valence-corrected chi connectivity index (χ3v) is 5.72. The number of rotatable bonds is 5. The van der Waals surface area contributed by atoms with Crippen molar-refractivity contribution in [1.29, 1.82) is 0 Å². The first-order valence-electron chi connectivity index (χ1n) is 6.91. The van der Waals surface area contributed by atoms with Gasteiger partial charge in [0.15, 0.2) is 0 Å². The molecule has 0 unspecified atom stereocenters. The zero-order chi connectivity index (χ0) is 15.6. The molecule has 5 heteroatoms. The van der Waals surface area contributed by atoms with E-state index in [0.29, 0.717) is 12.6 Å². The van der Waals surface area contributed by atoms with Crippen LogP contribution in [0, 0.1) is 5.41 Å².